The Kier molecular flexibility index (Phi) is 3.47. The molecule has 1 amide bonds. The molecule has 1 aromatic rings. The van der Waals surface area contributed by atoms with E-state index < -0.39 is 0 Å². The van der Waals surface area contributed by atoms with Gasteiger partial charge in [-0.3, -0.25) is 4.79 Å². The van der Waals surface area contributed by atoms with E-state index >= 15 is 0 Å². The molecular weight excluding hydrogens is 337 g/mol. The number of amides is 1. The molecule has 0 heterocycles. The molecule has 1 aliphatic carbocycles. The summed E-state index contributed by atoms with van der Waals surface area (Å²) in [6.45, 7) is 9.86. The summed E-state index contributed by atoms with van der Waals surface area (Å²) in [4.78, 5) is 12.0. The summed E-state index contributed by atoms with van der Waals surface area (Å²) in [5.74, 6) is 0.600. The minimum atomic E-state index is 0.0323. The molecule has 3 heteroatoms. The predicted octanol–water partition coefficient (Wildman–Crippen LogP) is 3.70. The van der Waals surface area contributed by atoms with Crippen LogP contribution < -0.4 is 5.32 Å². The Morgan fingerprint density at radius 2 is 1.67 bits per heavy atom. The van der Waals surface area contributed by atoms with Crippen LogP contribution in [0.5, 0.6) is 0 Å². The molecule has 1 N–H and O–H groups in total. The quantitative estimate of drug-likeness (QED) is 0.822. The normalized spacial score (nSPS) is 20.5. The Labute approximate surface area is 123 Å². The highest BCUT2D eigenvalue weighted by Gasteiger charge is 2.64. The van der Waals surface area contributed by atoms with Gasteiger partial charge in [0.15, 0.2) is 0 Å². The van der Waals surface area contributed by atoms with Gasteiger partial charge in [-0.15, -0.1) is 0 Å². The lowest BCUT2D eigenvalue weighted by atomic mass is 10.0. The topological polar surface area (TPSA) is 29.1 Å². The Morgan fingerprint density at radius 3 is 2.11 bits per heavy atom. The van der Waals surface area contributed by atoms with Crippen LogP contribution in [0.1, 0.15) is 38.1 Å². The van der Waals surface area contributed by atoms with Gasteiger partial charge in [-0.1, -0.05) is 27.7 Å². The molecule has 0 bridgehead atoms. The number of rotatable bonds is 3. The molecule has 2 rings (SSSR count). The third kappa shape index (κ3) is 2.29. The van der Waals surface area contributed by atoms with Crippen molar-refractivity contribution in [3.05, 3.63) is 33.4 Å². The second-order valence-corrected chi connectivity index (χ2v) is 7.46. The fourth-order valence-corrected chi connectivity index (χ4v) is 3.10. The van der Waals surface area contributed by atoms with Crippen LogP contribution >= 0.6 is 22.6 Å². The standard InChI is InChI=1S/C15H20INO/c1-14(2)12(15(14,3)4)9-17-13(18)10-5-7-11(16)8-6-10/h5-8,12H,9H2,1-4H3,(H,17,18). The Hall–Kier alpha value is -0.580. The largest absolute Gasteiger partial charge is 0.352 e. The fourth-order valence-electron chi connectivity index (χ4n) is 2.74. The van der Waals surface area contributed by atoms with E-state index in [0.29, 0.717) is 16.7 Å². The molecule has 1 aromatic carbocycles. The molecule has 1 aliphatic rings. The number of hydrogen-bond acceptors (Lipinski definition) is 1. The van der Waals surface area contributed by atoms with Crippen molar-refractivity contribution in [3.63, 3.8) is 0 Å². The van der Waals surface area contributed by atoms with Crippen molar-refractivity contribution in [1.82, 2.24) is 5.32 Å². The van der Waals surface area contributed by atoms with Gasteiger partial charge in [0.25, 0.3) is 5.91 Å². The van der Waals surface area contributed by atoms with Crippen LogP contribution in [0.25, 0.3) is 0 Å². The first-order chi connectivity index (χ1) is 8.26. The molecule has 0 saturated heterocycles. The zero-order valence-electron chi connectivity index (χ0n) is 11.4. The van der Waals surface area contributed by atoms with E-state index in [1.165, 1.54) is 0 Å². The zero-order valence-corrected chi connectivity index (χ0v) is 13.5. The monoisotopic (exact) mass is 357 g/mol. The number of nitrogens with one attached hydrogen (secondary N) is 1. The van der Waals surface area contributed by atoms with Crippen LogP contribution in [-0.4, -0.2) is 12.5 Å². The van der Waals surface area contributed by atoms with Crippen LogP contribution in [0, 0.1) is 20.3 Å². The maximum absolute atomic E-state index is 12.0. The van der Waals surface area contributed by atoms with E-state index in [4.69, 9.17) is 0 Å². The van der Waals surface area contributed by atoms with E-state index in [0.717, 1.165) is 15.7 Å². The van der Waals surface area contributed by atoms with Crippen molar-refractivity contribution in [1.29, 1.82) is 0 Å². The average Bonchev–Trinajstić information content (AvgIpc) is 2.67. The van der Waals surface area contributed by atoms with Gasteiger partial charge in [0, 0.05) is 15.7 Å². The molecule has 0 unspecified atom stereocenters. The van der Waals surface area contributed by atoms with Gasteiger partial charge in [-0.25, -0.2) is 0 Å². The van der Waals surface area contributed by atoms with Crippen LogP contribution in [0.2, 0.25) is 0 Å². The number of hydrogen-bond donors (Lipinski definition) is 1. The Morgan fingerprint density at radius 1 is 1.17 bits per heavy atom. The minimum Gasteiger partial charge on any atom is -0.352 e. The molecule has 1 fully saturated rings. The first kappa shape index (κ1) is 13.8. The summed E-state index contributed by atoms with van der Waals surface area (Å²) < 4.78 is 1.15. The summed E-state index contributed by atoms with van der Waals surface area (Å²) in [6.07, 6.45) is 0. The van der Waals surface area contributed by atoms with Crippen LogP contribution in [0.4, 0.5) is 0 Å². The molecule has 0 spiro atoms. The van der Waals surface area contributed by atoms with E-state index in [9.17, 15) is 4.79 Å². The third-order valence-electron chi connectivity index (χ3n) is 4.89. The minimum absolute atomic E-state index is 0.0323. The van der Waals surface area contributed by atoms with Gasteiger partial charge in [-0.2, -0.15) is 0 Å². The van der Waals surface area contributed by atoms with E-state index in [2.05, 4.69) is 55.6 Å². The molecule has 18 heavy (non-hydrogen) atoms. The highest BCUT2D eigenvalue weighted by molar-refractivity contribution is 14.1. The van der Waals surface area contributed by atoms with Crippen molar-refractivity contribution >= 4 is 28.5 Å². The average molecular weight is 357 g/mol. The maximum atomic E-state index is 12.0. The predicted molar refractivity (Wildman–Crippen MR) is 82.5 cm³/mol. The first-order valence-electron chi connectivity index (χ1n) is 6.30. The number of carbonyl (C=O) groups excluding carboxylic acids is 1. The molecular formula is C15H20INO. The highest BCUT2D eigenvalue weighted by Crippen LogP contribution is 2.67. The molecule has 1 saturated carbocycles. The second kappa shape index (κ2) is 4.51. The number of carbonyl (C=O) groups is 1. The highest BCUT2D eigenvalue weighted by atomic mass is 127. The van der Waals surface area contributed by atoms with Crippen LogP contribution in [0.3, 0.4) is 0 Å². The summed E-state index contributed by atoms with van der Waals surface area (Å²) >= 11 is 2.24. The van der Waals surface area contributed by atoms with Crippen molar-refractivity contribution in [2.24, 2.45) is 16.7 Å². The van der Waals surface area contributed by atoms with Crippen LogP contribution in [0.15, 0.2) is 24.3 Å². The Balaban J connectivity index is 1.92. The third-order valence-corrected chi connectivity index (χ3v) is 5.61. The van der Waals surface area contributed by atoms with E-state index in [1.807, 2.05) is 24.3 Å². The van der Waals surface area contributed by atoms with Gasteiger partial charge < -0.3 is 5.32 Å². The summed E-state index contributed by atoms with van der Waals surface area (Å²) in [6, 6.07) is 7.67. The van der Waals surface area contributed by atoms with E-state index in [1.54, 1.807) is 0 Å². The molecule has 0 atom stereocenters. The lowest BCUT2D eigenvalue weighted by molar-refractivity contribution is 0.0950. The first-order valence-corrected chi connectivity index (χ1v) is 7.38. The lowest BCUT2D eigenvalue weighted by Crippen LogP contribution is -2.27. The van der Waals surface area contributed by atoms with Gasteiger partial charge in [-0.05, 0) is 63.6 Å². The SMILES string of the molecule is CC1(C)C(CNC(=O)c2ccc(I)cc2)C1(C)C. The smallest absolute Gasteiger partial charge is 0.251 e. The van der Waals surface area contributed by atoms with Gasteiger partial charge in [0.2, 0.25) is 0 Å². The van der Waals surface area contributed by atoms with Gasteiger partial charge in [0.1, 0.15) is 0 Å². The summed E-state index contributed by atoms with van der Waals surface area (Å²) in [5.41, 5.74) is 1.39. The molecule has 2 nitrogen and oxygen atoms in total. The maximum Gasteiger partial charge on any atom is 0.251 e. The van der Waals surface area contributed by atoms with Gasteiger partial charge >= 0.3 is 0 Å². The molecule has 0 radical (unpaired) electrons. The second-order valence-electron chi connectivity index (χ2n) is 6.21. The number of halogens is 1. The zero-order chi connectivity index (χ0) is 13.6. The fraction of sp³-hybridized carbons (Fsp3) is 0.533. The van der Waals surface area contributed by atoms with Crippen LogP contribution in [-0.2, 0) is 0 Å². The Bertz CT molecular complexity index is 448. The molecule has 0 aromatic heterocycles. The van der Waals surface area contributed by atoms with Crippen molar-refractivity contribution in [2.45, 2.75) is 27.7 Å². The van der Waals surface area contributed by atoms with E-state index in [-0.39, 0.29) is 5.91 Å². The van der Waals surface area contributed by atoms with Crippen molar-refractivity contribution in [3.8, 4) is 0 Å². The van der Waals surface area contributed by atoms with Crippen molar-refractivity contribution in [2.75, 3.05) is 6.54 Å². The molecule has 0 aliphatic heterocycles. The number of benzene rings is 1. The van der Waals surface area contributed by atoms with Crippen molar-refractivity contribution < 1.29 is 4.79 Å². The lowest BCUT2D eigenvalue weighted by Gasteiger charge is -2.06. The summed E-state index contributed by atoms with van der Waals surface area (Å²) in [5, 5.41) is 3.05. The molecule has 98 valence electrons. The summed E-state index contributed by atoms with van der Waals surface area (Å²) in [7, 11) is 0. The van der Waals surface area contributed by atoms with Gasteiger partial charge in [0.05, 0.1) is 0 Å².